The van der Waals surface area contributed by atoms with Crippen molar-refractivity contribution in [3.63, 3.8) is 0 Å². The van der Waals surface area contributed by atoms with Gasteiger partial charge in [0.05, 0.1) is 12.1 Å². The maximum Gasteiger partial charge on any atom is 0.224 e. The fourth-order valence-electron chi connectivity index (χ4n) is 7.49. The summed E-state index contributed by atoms with van der Waals surface area (Å²) < 4.78 is 0. The Morgan fingerprint density at radius 2 is 1.08 bits per heavy atom. The van der Waals surface area contributed by atoms with Crippen molar-refractivity contribution in [2.24, 2.45) is 10.8 Å². The number of hydrogen-bond donors (Lipinski definition) is 4. The van der Waals surface area contributed by atoms with Crippen molar-refractivity contribution in [1.82, 2.24) is 0 Å². The first-order valence-corrected chi connectivity index (χ1v) is 19.5. The minimum Gasteiger partial charge on any atom is -0.378 e. The Morgan fingerprint density at radius 3 is 1.57 bits per heavy atom. The molecular formula is C45H56Cl2N4O2. The van der Waals surface area contributed by atoms with Gasteiger partial charge in [-0.15, -0.1) is 0 Å². The highest BCUT2D eigenvalue weighted by Crippen LogP contribution is 2.41. The third-order valence-electron chi connectivity index (χ3n) is 9.98. The van der Waals surface area contributed by atoms with Crippen molar-refractivity contribution < 1.29 is 9.59 Å². The molecule has 6 rings (SSSR count). The number of anilines is 4. The first-order chi connectivity index (χ1) is 24.9. The third kappa shape index (κ3) is 10.8. The molecule has 0 aliphatic heterocycles. The van der Waals surface area contributed by atoms with E-state index in [0.717, 1.165) is 64.0 Å². The lowest BCUT2D eigenvalue weighted by Gasteiger charge is -2.21. The van der Waals surface area contributed by atoms with E-state index in [1.807, 2.05) is 54.6 Å². The van der Waals surface area contributed by atoms with Crippen LogP contribution >= 0.6 is 23.2 Å². The van der Waals surface area contributed by atoms with Crippen LogP contribution in [-0.2, 0) is 22.4 Å². The van der Waals surface area contributed by atoms with E-state index in [2.05, 4.69) is 95.7 Å². The van der Waals surface area contributed by atoms with Gasteiger partial charge < -0.3 is 21.3 Å². The van der Waals surface area contributed by atoms with Crippen LogP contribution in [0.5, 0.6) is 0 Å². The van der Waals surface area contributed by atoms with Gasteiger partial charge >= 0.3 is 0 Å². The fourth-order valence-corrected chi connectivity index (χ4v) is 7.74. The minimum atomic E-state index is -0.0176. The lowest BCUT2D eigenvalue weighted by molar-refractivity contribution is -0.118. The first kappa shape index (κ1) is 40.2. The lowest BCUT2D eigenvalue weighted by atomic mass is 9.91. The molecule has 2 aliphatic rings. The molecule has 0 aromatic heterocycles. The summed E-state index contributed by atoms with van der Waals surface area (Å²) in [6.45, 7) is 18.8. The quantitative estimate of drug-likeness (QED) is 0.144. The second-order valence-electron chi connectivity index (χ2n) is 17.1. The van der Waals surface area contributed by atoms with Crippen LogP contribution < -0.4 is 21.3 Å². The van der Waals surface area contributed by atoms with Gasteiger partial charge in [0.15, 0.2) is 0 Å². The molecule has 6 nitrogen and oxygen atoms in total. The van der Waals surface area contributed by atoms with Crippen LogP contribution in [0.3, 0.4) is 0 Å². The van der Waals surface area contributed by atoms with E-state index < -0.39 is 0 Å². The van der Waals surface area contributed by atoms with Gasteiger partial charge in [-0.1, -0.05) is 76.9 Å². The molecule has 8 heteroatoms. The van der Waals surface area contributed by atoms with E-state index in [-0.39, 0.29) is 28.7 Å². The summed E-state index contributed by atoms with van der Waals surface area (Å²) >= 11 is 12.0. The number of nitrogens with one attached hydrogen (secondary N) is 4. The van der Waals surface area contributed by atoms with Crippen molar-refractivity contribution >= 4 is 57.8 Å². The lowest BCUT2D eigenvalue weighted by Crippen LogP contribution is -2.21. The topological polar surface area (TPSA) is 82.3 Å². The van der Waals surface area contributed by atoms with E-state index >= 15 is 0 Å². The summed E-state index contributed by atoms with van der Waals surface area (Å²) in [5.41, 5.74) is 12.9. The highest BCUT2D eigenvalue weighted by Gasteiger charge is 2.28. The van der Waals surface area contributed by atoms with E-state index in [0.29, 0.717) is 18.9 Å². The van der Waals surface area contributed by atoms with Gasteiger partial charge in [-0.3, -0.25) is 9.59 Å². The van der Waals surface area contributed by atoms with Gasteiger partial charge in [-0.05, 0) is 151 Å². The van der Waals surface area contributed by atoms with Crippen LogP contribution in [0.15, 0.2) is 66.7 Å². The zero-order valence-electron chi connectivity index (χ0n) is 32.8. The summed E-state index contributed by atoms with van der Waals surface area (Å²) in [6, 6.07) is 22.7. The number of hydrogen-bond acceptors (Lipinski definition) is 4. The van der Waals surface area contributed by atoms with Crippen LogP contribution in [0.1, 0.15) is 118 Å². The van der Waals surface area contributed by atoms with Gasteiger partial charge in [-0.25, -0.2) is 0 Å². The highest BCUT2D eigenvalue weighted by atomic mass is 35.5. The molecule has 53 heavy (non-hydrogen) atoms. The predicted octanol–water partition coefficient (Wildman–Crippen LogP) is 12.6. The minimum absolute atomic E-state index is 0.0116. The SMILES string of the molecule is Cc1c(NC(=O)CC(C)(C)C)ccc2c1CCC2Nc1ccc(Cl)cc1.Cc1cc2c(c(C)c1NC(=O)CC(C)(C)C)CCC2Nc1ccc(Cl)cc1. The summed E-state index contributed by atoms with van der Waals surface area (Å²) in [5.74, 6) is 0.164. The first-order valence-electron chi connectivity index (χ1n) is 18.8. The maximum absolute atomic E-state index is 12.4. The molecule has 2 amide bonds. The van der Waals surface area contributed by atoms with E-state index in [9.17, 15) is 9.59 Å². The number of amides is 2. The van der Waals surface area contributed by atoms with E-state index in [4.69, 9.17) is 23.2 Å². The Bertz CT molecular complexity index is 1940. The number of halogens is 2. The second kappa shape index (κ2) is 16.6. The Labute approximate surface area is 326 Å². The van der Waals surface area contributed by atoms with E-state index in [1.54, 1.807) is 0 Å². The van der Waals surface area contributed by atoms with Crippen molar-refractivity contribution in [2.45, 2.75) is 113 Å². The highest BCUT2D eigenvalue weighted by molar-refractivity contribution is 6.30. The summed E-state index contributed by atoms with van der Waals surface area (Å²) in [4.78, 5) is 24.7. The monoisotopic (exact) mass is 754 g/mol. The Morgan fingerprint density at radius 1 is 0.623 bits per heavy atom. The Hall–Kier alpha value is -4.00. The van der Waals surface area contributed by atoms with E-state index in [1.165, 1.54) is 33.4 Å². The summed E-state index contributed by atoms with van der Waals surface area (Å²) in [6.07, 6.45) is 5.19. The standard InChI is InChI=1S/C23H29ClN2O.C22H27ClN2O/c1-14-12-19-18(15(2)22(14)26-21(27)13-23(3,4)5)10-11-20(19)25-17-8-6-16(24)7-9-17;1-14-17-9-12-20(24-16-7-5-15(23)6-8-16)18(17)10-11-19(14)25-21(26)13-22(2,3)4/h6-9,12,20,25H,10-11,13H2,1-5H3,(H,26,27);5-8,10-11,20,24H,9,12-13H2,1-4H3,(H,25,26). The fraction of sp³-hybridized carbons (Fsp3) is 0.422. The molecule has 282 valence electrons. The largest absolute Gasteiger partial charge is 0.378 e. The zero-order chi connectivity index (χ0) is 38.7. The molecule has 2 unspecified atom stereocenters. The third-order valence-corrected chi connectivity index (χ3v) is 10.5. The number of carbonyl (C=O) groups is 2. The number of rotatable bonds is 8. The molecule has 4 aromatic rings. The maximum atomic E-state index is 12.4. The van der Waals surface area contributed by atoms with Gasteiger partial charge in [0.25, 0.3) is 0 Å². The summed E-state index contributed by atoms with van der Waals surface area (Å²) in [5, 5.41) is 15.0. The van der Waals surface area contributed by atoms with Crippen molar-refractivity contribution in [1.29, 1.82) is 0 Å². The average molecular weight is 756 g/mol. The molecule has 0 fully saturated rings. The number of carbonyl (C=O) groups excluding carboxylic acids is 2. The molecule has 0 saturated heterocycles. The molecule has 0 saturated carbocycles. The average Bonchev–Trinajstić information content (AvgIpc) is 3.65. The van der Waals surface area contributed by atoms with Gasteiger partial charge in [0, 0.05) is 45.6 Å². The summed E-state index contributed by atoms with van der Waals surface area (Å²) in [7, 11) is 0. The molecule has 4 aromatic carbocycles. The number of fused-ring (bicyclic) bond motifs is 2. The van der Waals surface area contributed by atoms with Crippen LogP contribution in [0.25, 0.3) is 0 Å². The normalized spacial score (nSPS) is 16.2. The molecule has 0 heterocycles. The van der Waals surface area contributed by atoms with Crippen molar-refractivity contribution in [3.05, 3.63) is 116 Å². The van der Waals surface area contributed by atoms with Gasteiger partial charge in [-0.2, -0.15) is 0 Å². The van der Waals surface area contributed by atoms with Crippen LogP contribution in [-0.4, -0.2) is 11.8 Å². The molecule has 0 radical (unpaired) electrons. The smallest absolute Gasteiger partial charge is 0.224 e. The predicted molar refractivity (Wildman–Crippen MR) is 225 cm³/mol. The van der Waals surface area contributed by atoms with Crippen molar-refractivity contribution in [3.8, 4) is 0 Å². The van der Waals surface area contributed by atoms with Crippen LogP contribution in [0.4, 0.5) is 22.7 Å². The Kier molecular flexibility index (Phi) is 12.6. The zero-order valence-corrected chi connectivity index (χ0v) is 34.3. The molecular weight excluding hydrogens is 699 g/mol. The van der Waals surface area contributed by atoms with Gasteiger partial charge in [0.2, 0.25) is 11.8 Å². The van der Waals surface area contributed by atoms with Gasteiger partial charge in [0.1, 0.15) is 0 Å². The van der Waals surface area contributed by atoms with Crippen LogP contribution in [0.2, 0.25) is 10.0 Å². The number of benzene rings is 4. The van der Waals surface area contributed by atoms with Crippen molar-refractivity contribution in [2.75, 3.05) is 21.3 Å². The molecule has 2 aliphatic carbocycles. The molecule has 4 N–H and O–H groups in total. The second-order valence-corrected chi connectivity index (χ2v) is 18.0. The molecule has 2 atom stereocenters. The molecule has 0 bridgehead atoms. The Balaban J connectivity index is 0.000000204. The van der Waals surface area contributed by atoms with Crippen LogP contribution in [0, 0.1) is 31.6 Å². The molecule has 0 spiro atoms. The number of aryl methyl sites for hydroxylation is 1.